The van der Waals surface area contributed by atoms with Gasteiger partial charge in [0.25, 0.3) is 11.9 Å². The van der Waals surface area contributed by atoms with E-state index in [1.807, 2.05) is 25.1 Å². The summed E-state index contributed by atoms with van der Waals surface area (Å²) >= 11 is 6.17. The molecule has 8 nitrogen and oxygen atoms in total. The molecular formula is C23H19ClN4O4. The fraction of sp³-hybridized carbons (Fsp3) is 0.217. The quantitative estimate of drug-likeness (QED) is 0.586. The number of hydrogen-bond acceptors (Lipinski definition) is 6. The molecule has 1 unspecified atom stereocenters. The lowest BCUT2D eigenvalue weighted by Crippen LogP contribution is -2.52. The van der Waals surface area contributed by atoms with Crippen molar-refractivity contribution < 1.29 is 18.8 Å². The minimum atomic E-state index is -0.639. The molecule has 1 aromatic heterocycles. The predicted molar refractivity (Wildman–Crippen MR) is 117 cm³/mol. The second-order valence-corrected chi connectivity index (χ2v) is 8.31. The second-order valence-electron chi connectivity index (χ2n) is 7.90. The molecule has 3 heterocycles. The lowest BCUT2D eigenvalue weighted by atomic mass is 10.0. The zero-order valence-corrected chi connectivity index (χ0v) is 17.9. The summed E-state index contributed by atoms with van der Waals surface area (Å²) in [6.45, 7) is 2.23. The van der Waals surface area contributed by atoms with Crippen LogP contribution in [0, 0.1) is 6.92 Å². The van der Waals surface area contributed by atoms with Crippen molar-refractivity contribution in [1.82, 2.24) is 15.2 Å². The Morgan fingerprint density at radius 3 is 2.81 bits per heavy atom. The molecule has 0 radical (unpaired) electrons. The third kappa shape index (κ3) is 3.62. The topological polar surface area (TPSA) is 105 Å². The van der Waals surface area contributed by atoms with Gasteiger partial charge in [0.15, 0.2) is 0 Å². The SMILES string of the molecule is Cc1ccc(Nc2nc(-c3ccc4c(c3)CN(C3CCC(=O)NC3=O)C4=O)co2)cc1Cl. The van der Waals surface area contributed by atoms with Gasteiger partial charge in [0.2, 0.25) is 11.8 Å². The van der Waals surface area contributed by atoms with Gasteiger partial charge in [0.05, 0.1) is 0 Å². The molecule has 162 valence electrons. The summed E-state index contributed by atoms with van der Waals surface area (Å²) in [4.78, 5) is 42.5. The molecule has 1 saturated heterocycles. The van der Waals surface area contributed by atoms with Gasteiger partial charge in [-0.15, -0.1) is 0 Å². The van der Waals surface area contributed by atoms with E-state index in [0.717, 1.165) is 22.4 Å². The zero-order valence-electron chi connectivity index (χ0n) is 17.1. The van der Waals surface area contributed by atoms with Crippen LogP contribution in [-0.4, -0.2) is 33.6 Å². The number of carbonyl (C=O) groups is 3. The molecule has 0 aliphatic carbocycles. The summed E-state index contributed by atoms with van der Waals surface area (Å²) in [6.07, 6.45) is 2.09. The molecule has 5 rings (SSSR count). The fourth-order valence-corrected chi connectivity index (χ4v) is 4.17. The van der Waals surface area contributed by atoms with E-state index in [4.69, 9.17) is 16.0 Å². The number of aryl methyl sites for hydroxylation is 1. The molecule has 0 spiro atoms. The number of nitrogens with zero attached hydrogens (tertiary/aromatic N) is 2. The number of anilines is 2. The molecular weight excluding hydrogens is 432 g/mol. The van der Waals surface area contributed by atoms with Crippen molar-refractivity contribution in [3.8, 4) is 11.3 Å². The molecule has 0 saturated carbocycles. The van der Waals surface area contributed by atoms with Gasteiger partial charge in [-0.2, -0.15) is 4.98 Å². The van der Waals surface area contributed by atoms with Crippen LogP contribution in [-0.2, 0) is 16.1 Å². The van der Waals surface area contributed by atoms with Crippen LogP contribution in [0.3, 0.4) is 0 Å². The van der Waals surface area contributed by atoms with Gasteiger partial charge in [-0.05, 0) is 48.7 Å². The van der Waals surface area contributed by atoms with E-state index >= 15 is 0 Å². The normalized spacial score (nSPS) is 18.0. The van der Waals surface area contributed by atoms with Crippen LogP contribution in [0.25, 0.3) is 11.3 Å². The fourth-order valence-electron chi connectivity index (χ4n) is 3.99. The average molecular weight is 451 g/mol. The molecule has 2 aliphatic rings. The minimum Gasteiger partial charge on any atom is -0.431 e. The number of benzene rings is 2. The number of carbonyl (C=O) groups excluding carboxylic acids is 3. The van der Waals surface area contributed by atoms with Crippen LogP contribution in [0.4, 0.5) is 11.7 Å². The highest BCUT2D eigenvalue weighted by atomic mass is 35.5. The van der Waals surface area contributed by atoms with Crippen molar-refractivity contribution >= 4 is 41.0 Å². The van der Waals surface area contributed by atoms with Gasteiger partial charge in [0, 0.05) is 34.8 Å². The number of nitrogens with one attached hydrogen (secondary N) is 2. The van der Waals surface area contributed by atoms with Crippen molar-refractivity contribution in [2.45, 2.75) is 32.4 Å². The summed E-state index contributed by atoms with van der Waals surface area (Å²) in [5.74, 6) is -0.938. The first kappa shape index (κ1) is 20.3. The molecule has 2 aromatic carbocycles. The van der Waals surface area contributed by atoms with Crippen molar-refractivity contribution in [3.05, 3.63) is 64.4 Å². The van der Waals surface area contributed by atoms with Gasteiger partial charge in [-0.25, -0.2) is 0 Å². The number of hydrogen-bond donors (Lipinski definition) is 2. The molecule has 0 bridgehead atoms. The molecule has 32 heavy (non-hydrogen) atoms. The van der Waals surface area contributed by atoms with E-state index in [2.05, 4.69) is 15.6 Å². The summed E-state index contributed by atoms with van der Waals surface area (Å²) in [7, 11) is 0. The Morgan fingerprint density at radius 2 is 2.03 bits per heavy atom. The highest BCUT2D eigenvalue weighted by Crippen LogP contribution is 2.32. The van der Waals surface area contributed by atoms with Crippen LogP contribution in [0.1, 0.15) is 34.3 Å². The predicted octanol–water partition coefficient (Wildman–Crippen LogP) is 3.81. The Kier molecular flexibility index (Phi) is 4.94. The molecule has 1 fully saturated rings. The molecule has 3 amide bonds. The van der Waals surface area contributed by atoms with Gasteiger partial charge in [0.1, 0.15) is 18.0 Å². The number of amides is 3. The van der Waals surface area contributed by atoms with E-state index in [-0.39, 0.29) is 18.2 Å². The lowest BCUT2D eigenvalue weighted by molar-refractivity contribution is -0.136. The summed E-state index contributed by atoms with van der Waals surface area (Å²) in [5.41, 5.74) is 4.49. The van der Waals surface area contributed by atoms with E-state index in [0.29, 0.717) is 35.3 Å². The number of fused-ring (bicyclic) bond motifs is 1. The second kappa shape index (κ2) is 7.80. The third-order valence-corrected chi connectivity index (χ3v) is 6.15. The van der Waals surface area contributed by atoms with Crippen molar-refractivity contribution in [3.63, 3.8) is 0 Å². The first-order chi connectivity index (χ1) is 15.4. The third-order valence-electron chi connectivity index (χ3n) is 5.75. The number of piperidine rings is 1. The number of halogens is 1. The molecule has 2 N–H and O–H groups in total. The Morgan fingerprint density at radius 1 is 1.19 bits per heavy atom. The highest BCUT2D eigenvalue weighted by molar-refractivity contribution is 6.31. The molecule has 1 atom stereocenters. The van der Waals surface area contributed by atoms with E-state index in [1.54, 1.807) is 18.2 Å². The molecule has 9 heteroatoms. The maximum absolute atomic E-state index is 12.8. The average Bonchev–Trinajstić information content (AvgIpc) is 3.35. The Balaban J connectivity index is 1.35. The monoisotopic (exact) mass is 450 g/mol. The number of imide groups is 1. The van der Waals surface area contributed by atoms with Crippen molar-refractivity contribution in [2.24, 2.45) is 0 Å². The van der Waals surface area contributed by atoms with Gasteiger partial charge < -0.3 is 14.6 Å². The van der Waals surface area contributed by atoms with E-state index < -0.39 is 11.9 Å². The van der Waals surface area contributed by atoms with Crippen molar-refractivity contribution in [1.29, 1.82) is 0 Å². The van der Waals surface area contributed by atoms with Crippen LogP contribution < -0.4 is 10.6 Å². The van der Waals surface area contributed by atoms with E-state index in [1.165, 1.54) is 11.2 Å². The molecule has 2 aliphatic heterocycles. The maximum atomic E-state index is 12.8. The Hall–Kier alpha value is -3.65. The first-order valence-electron chi connectivity index (χ1n) is 10.2. The lowest BCUT2D eigenvalue weighted by Gasteiger charge is -2.29. The maximum Gasteiger partial charge on any atom is 0.299 e. The minimum absolute atomic E-state index is 0.209. The summed E-state index contributed by atoms with van der Waals surface area (Å²) < 4.78 is 5.55. The Labute approximate surface area is 188 Å². The first-order valence-corrected chi connectivity index (χ1v) is 10.5. The van der Waals surface area contributed by atoms with Crippen LogP contribution in [0.15, 0.2) is 47.1 Å². The van der Waals surface area contributed by atoms with Gasteiger partial charge >= 0.3 is 0 Å². The van der Waals surface area contributed by atoms with E-state index in [9.17, 15) is 14.4 Å². The molecule has 3 aromatic rings. The van der Waals surface area contributed by atoms with Crippen molar-refractivity contribution in [2.75, 3.05) is 5.32 Å². The van der Waals surface area contributed by atoms with Gasteiger partial charge in [-0.1, -0.05) is 23.7 Å². The number of rotatable bonds is 4. The summed E-state index contributed by atoms with van der Waals surface area (Å²) in [5, 5.41) is 6.04. The highest BCUT2D eigenvalue weighted by Gasteiger charge is 2.39. The smallest absolute Gasteiger partial charge is 0.299 e. The summed E-state index contributed by atoms with van der Waals surface area (Å²) in [6, 6.07) is 10.7. The Bertz CT molecular complexity index is 1270. The largest absolute Gasteiger partial charge is 0.431 e. The van der Waals surface area contributed by atoms with Crippen LogP contribution in [0.2, 0.25) is 5.02 Å². The number of oxazole rings is 1. The zero-order chi connectivity index (χ0) is 22.4. The number of aromatic nitrogens is 1. The van der Waals surface area contributed by atoms with Gasteiger partial charge in [-0.3, -0.25) is 19.7 Å². The standard InChI is InChI=1S/C23H19ClN4O4/c1-12-2-4-15(9-17(12)24)25-23-26-18(11-32-23)13-3-5-16-14(8-13)10-28(22(16)31)19-6-7-20(29)27-21(19)30/h2-5,8-9,11,19H,6-7,10H2,1H3,(H,25,26)(H,27,29,30). The van der Waals surface area contributed by atoms with Crippen LogP contribution in [0.5, 0.6) is 0 Å². The van der Waals surface area contributed by atoms with Crippen LogP contribution >= 0.6 is 11.6 Å².